The van der Waals surface area contributed by atoms with Crippen molar-refractivity contribution >= 4 is 17.7 Å². The first-order chi connectivity index (χ1) is 7.67. The molecule has 88 valence electrons. The molecule has 0 atom stereocenters. The van der Waals surface area contributed by atoms with Gasteiger partial charge in [-0.3, -0.25) is 14.6 Å². The second-order valence-corrected chi connectivity index (χ2v) is 3.96. The summed E-state index contributed by atoms with van der Waals surface area (Å²) in [5.41, 5.74) is -0.312. The molecule has 0 aliphatic rings. The average molecular weight is 242 g/mol. The fourth-order valence-electron chi connectivity index (χ4n) is 1.16. The Bertz CT molecular complexity index is 402. The lowest BCUT2D eigenvalue weighted by Gasteiger charge is -2.17. The van der Waals surface area contributed by atoms with Crippen molar-refractivity contribution in [3.63, 3.8) is 0 Å². The molecule has 0 saturated carbocycles. The van der Waals surface area contributed by atoms with Crippen LogP contribution >= 0.6 is 11.8 Å². The molecule has 0 aliphatic heterocycles. The molecule has 0 spiro atoms. The zero-order valence-corrected chi connectivity index (χ0v) is 10.1. The summed E-state index contributed by atoms with van der Waals surface area (Å²) in [6.45, 7) is 5.23. The van der Waals surface area contributed by atoms with Crippen LogP contribution in [0.5, 0.6) is 0 Å². The van der Waals surface area contributed by atoms with E-state index in [4.69, 9.17) is 0 Å². The summed E-state index contributed by atoms with van der Waals surface area (Å²) in [5.74, 6) is 0.289. The van der Waals surface area contributed by atoms with Crippen LogP contribution in [-0.2, 0) is 4.79 Å². The van der Waals surface area contributed by atoms with Gasteiger partial charge in [0, 0.05) is 13.1 Å². The molecule has 1 aromatic rings. The lowest BCUT2D eigenvalue weighted by Crippen LogP contribution is -2.32. The van der Waals surface area contributed by atoms with Gasteiger partial charge in [-0.25, -0.2) is 0 Å². The molecule has 1 amide bonds. The third kappa shape index (κ3) is 3.65. The second-order valence-electron chi connectivity index (χ2n) is 2.99. The van der Waals surface area contributed by atoms with E-state index < -0.39 is 0 Å². The summed E-state index contributed by atoms with van der Waals surface area (Å²) in [6, 6.07) is 0. The second kappa shape index (κ2) is 6.26. The van der Waals surface area contributed by atoms with Crippen molar-refractivity contribution in [1.29, 1.82) is 0 Å². The number of thioether (sulfide) groups is 1. The predicted octanol–water partition coefficient (Wildman–Crippen LogP) is 0.125. The molecule has 1 rings (SSSR count). The van der Waals surface area contributed by atoms with E-state index in [9.17, 15) is 9.59 Å². The monoisotopic (exact) mass is 242 g/mol. The zero-order chi connectivity index (χ0) is 12.0. The minimum atomic E-state index is -0.312. The number of hydrogen-bond donors (Lipinski definition) is 1. The molecular formula is C9H14N4O2S. The fraction of sp³-hybridized carbons (Fsp3) is 0.556. The molecule has 1 heterocycles. The van der Waals surface area contributed by atoms with Crippen LogP contribution in [0, 0.1) is 0 Å². The van der Waals surface area contributed by atoms with Crippen molar-refractivity contribution in [3.8, 4) is 0 Å². The van der Waals surface area contributed by atoms with E-state index in [2.05, 4.69) is 15.2 Å². The van der Waals surface area contributed by atoms with Crippen molar-refractivity contribution in [3.05, 3.63) is 16.6 Å². The van der Waals surface area contributed by atoms with Crippen LogP contribution in [0.2, 0.25) is 0 Å². The number of amides is 1. The highest BCUT2D eigenvalue weighted by atomic mass is 32.2. The largest absolute Gasteiger partial charge is 0.343 e. The normalized spacial score (nSPS) is 10.1. The van der Waals surface area contributed by atoms with Gasteiger partial charge >= 0.3 is 0 Å². The third-order valence-corrected chi connectivity index (χ3v) is 2.85. The molecule has 16 heavy (non-hydrogen) atoms. The number of hydrogen-bond acceptors (Lipinski definition) is 5. The minimum absolute atomic E-state index is 0.0292. The lowest BCUT2D eigenvalue weighted by atomic mass is 10.5. The predicted molar refractivity (Wildman–Crippen MR) is 61.3 cm³/mol. The van der Waals surface area contributed by atoms with Crippen LogP contribution in [-0.4, -0.2) is 44.8 Å². The van der Waals surface area contributed by atoms with Crippen LogP contribution in [0.25, 0.3) is 0 Å². The van der Waals surface area contributed by atoms with Crippen molar-refractivity contribution in [1.82, 2.24) is 20.1 Å². The van der Waals surface area contributed by atoms with E-state index in [1.54, 1.807) is 4.90 Å². The van der Waals surface area contributed by atoms with E-state index in [1.165, 1.54) is 11.8 Å². The van der Waals surface area contributed by atoms with Gasteiger partial charge in [0.25, 0.3) is 5.56 Å². The Morgan fingerprint density at radius 3 is 2.75 bits per heavy atom. The van der Waals surface area contributed by atoms with E-state index in [1.807, 2.05) is 13.8 Å². The highest BCUT2D eigenvalue weighted by Crippen LogP contribution is 2.10. The van der Waals surface area contributed by atoms with E-state index in [-0.39, 0.29) is 17.2 Å². The summed E-state index contributed by atoms with van der Waals surface area (Å²) in [5, 5.41) is 7.59. The molecule has 0 bridgehead atoms. The number of aromatic amines is 1. The lowest BCUT2D eigenvalue weighted by molar-refractivity contribution is -0.127. The molecule has 0 radical (unpaired) electrons. The Labute approximate surface area is 97.5 Å². The summed E-state index contributed by atoms with van der Waals surface area (Å²) in [4.78, 5) is 26.8. The molecule has 1 aromatic heterocycles. The van der Waals surface area contributed by atoms with Gasteiger partial charge < -0.3 is 4.90 Å². The number of carbonyl (C=O) groups is 1. The Kier molecular flexibility index (Phi) is 4.97. The van der Waals surface area contributed by atoms with Gasteiger partial charge in [0.1, 0.15) is 6.20 Å². The molecule has 0 aliphatic carbocycles. The van der Waals surface area contributed by atoms with Gasteiger partial charge in [0.05, 0.1) is 5.75 Å². The maximum atomic E-state index is 11.6. The van der Waals surface area contributed by atoms with Gasteiger partial charge in [0.15, 0.2) is 5.16 Å². The van der Waals surface area contributed by atoms with E-state index in [0.717, 1.165) is 6.20 Å². The van der Waals surface area contributed by atoms with Gasteiger partial charge in [-0.05, 0) is 13.8 Å². The smallest absolute Gasteiger partial charge is 0.270 e. The van der Waals surface area contributed by atoms with Gasteiger partial charge in [0.2, 0.25) is 5.91 Å². The van der Waals surface area contributed by atoms with E-state index >= 15 is 0 Å². The van der Waals surface area contributed by atoms with Crippen molar-refractivity contribution in [2.75, 3.05) is 18.8 Å². The molecular weight excluding hydrogens is 228 g/mol. The molecule has 0 unspecified atom stereocenters. The van der Waals surface area contributed by atoms with Gasteiger partial charge in [-0.15, -0.1) is 5.10 Å². The first-order valence-corrected chi connectivity index (χ1v) is 5.98. The van der Waals surface area contributed by atoms with Crippen LogP contribution < -0.4 is 5.56 Å². The molecule has 6 nitrogen and oxygen atoms in total. The standard InChI is InChI=1S/C9H14N4O2S/c1-3-13(4-2)8(15)6-16-9-11-7(14)5-10-12-9/h5H,3-4,6H2,1-2H3,(H,11,12,14). The molecule has 1 N–H and O–H groups in total. The molecule has 7 heteroatoms. The number of aromatic nitrogens is 3. The third-order valence-electron chi connectivity index (χ3n) is 2.00. The van der Waals surface area contributed by atoms with E-state index in [0.29, 0.717) is 18.2 Å². The number of nitrogens with zero attached hydrogens (tertiary/aromatic N) is 3. The summed E-state index contributed by atoms with van der Waals surface area (Å²) >= 11 is 1.18. The maximum Gasteiger partial charge on any atom is 0.270 e. The zero-order valence-electron chi connectivity index (χ0n) is 9.27. The molecule has 0 fully saturated rings. The van der Waals surface area contributed by atoms with Crippen molar-refractivity contribution < 1.29 is 4.79 Å². The average Bonchev–Trinajstić information content (AvgIpc) is 2.28. The summed E-state index contributed by atoms with van der Waals surface area (Å²) < 4.78 is 0. The van der Waals surface area contributed by atoms with Crippen LogP contribution in [0.1, 0.15) is 13.8 Å². The Morgan fingerprint density at radius 2 is 2.19 bits per heavy atom. The Hall–Kier alpha value is -1.37. The first kappa shape index (κ1) is 12.7. The Balaban J connectivity index is 2.51. The van der Waals surface area contributed by atoms with Crippen LogP contribution in [0.3, 0.4) is 0 Å². The van der Waals surface area contributed by atoms with Crippen molar-refractivity contribution in [2.24, 2.45) is 0 Å². The topological polar surface area (TPSA) is 79.0 Å². The molecule has 0 aromatic carbocycles. The van der Waals surface area contributed by atoms with Crippen molar-refractivity contribution in [2.45, 2.75) is 19.0 Å². The maximum absolute atomic E-state index is 11.6. The quantitative estimate of drug-likeness (QED) is 0.742. The first-order valence-electron chi connectivity index (χ1n) is 5.00. The number of H-pyrrole nitrogens is 1. The minimum Gasteiger partial charge on any atom is -0.343 e. The highest BCUT2D eigenvalue weighted by molar-refractivity contribution is 7.99. The van der Waals surface area contributed by atoms with Gasteiger partial charge in [-0.2, -0.15) is 5.10 Å². The Morgan fingerprint density at radius 1 is 1.50 bits per heavy atom. The number of nitrogens with one attached hydrogen (secondary N) is 1. The number of carbonyl (C=O) groups excluding carboxylic acids is 1. The summed E-state index contributed by atoms with van der Waals surface area (Å²) in [7, 11) is 0. The summed E-state index contributed by atoms with van der Waals surface area (Å²) in [6.07, 6.45) is 1.09. The highest BCUT2D eigenvalue weighted by Gasteiger charge is 2.10. The fourth-order valence-corrected chi connectivity index (χ4v) is 1.88. The SMILES string of the molecule is CCN(CC)C(=O)CSc1nncc(=O)[nH]1. The van der Waals surface area contributed by atoms with Crippen LogP contribution in [0.15, 0.2) is 16.1 Å². The molecule has 0 saturated heterocycles. The number of rotatable bonds is 5. The van der Waals surface area contributed by atoms with Crippen LogP contribution in [0.4, 0.5) is 0 Å². The van der Waals surface area contributed by atoms with Gasteiger partial charge in [-0.1, -0.05) is 11.8 Å².